The van der Waals surface area contributed by atoms with Crippen molar-refractivity contribution in [1.29, 1.82) is 0 Å². The zero-order chi connectivity index (χ0) is 18.6. The number of nitrogens with zero attached hydrogens (tertiary/aromatic N) is 4. The highest BCUT2D eigenvalue weighted by Crippen LogP contribution is 2.24. The van der Waals surface area contributed by atoms with Crippen LogP contribution in [-0.2, 0) is 0 Å². The minimum absolute atomic E-state index is 0.163. The summed E-state index contributed by atoms with van der Waals surface area (Å²) >= 11 is 1.68. The van der Waals surface area contributed by atoms with Gasteiger partial charge in [-0.15, -0.1) is 11.3 Å². The molecule has 0 saturated carbocycles. The van der Waals surface area contributed by atoms with Gasteiger partial charge in [-0.1, -0.05) is 18.2 Å². The van der Waals surface area contributed by atoms with Crippen LogP contribution >= 0.6 is 11.3 Å². The summed E-state index contributed by atoms with van der Waals surface area (Å²) < 4.78 is 0. The summed E-state index contributed by atoms with van der Waals surface area (Å²) in [6.45, 7) is 3.84. The SMILES string of the molecule is CN1CCN(c2ncc(NC(=O)c3ccc(-c4cccs4)cc3)cn2)CC1. The van der Waals surface area contributed by atoms with Gasteiger partial charge in [-0.3, -0.25) is 4.79 Å². The molecule has 1 N–H and O–H groups in total. The Morgan fingerprint density at radius 3 is 2.37 bits per heavy atom. The molecule has 0 atom stereocenters. The highest BCUT2D eigenvalue weighted by Gasteiger charge is 2.16. The van der Waals surface area contributed by atoms with Crippen molar-refractivity contribution < 1.29 is 4.79 Å². The number of piperazine rings is 1. The number of thiophene rings is 1. The average molecular weight is 379 g/mol. The fraction of sp³-hybridized carbons (Fsp3) is 0.250. The third kappa shape index (κ3) is 4.15. The molecule has 1 aliphatic heterocycles. The van der Waals surface area contributed by atoms with E-state index in [0.717, 1.165) is 31.7 Å². The van der Waals surface area contributed by atoms with Crippen LogP contribution < -0.4 is 10.2 Å². The molecule has 1 amide bonds. The van der Waals surface area contributed by atoms with Crippen molar-refractivity contribution in [3.8, 4) is 10.4 Å². The van der Waals surface area contributed by atoms with E-state index in [1.165, 1.54) is 4.88 Å². The zero-order valence-electron chi connectivity index (χ0n) is 15.1. The van der Waals surface area contributed by atoms with Crippen molar-refractivity contribution in [3.63, 3.8) is 0 Å². The number of anilines is 2. The van der Waals surface area contributed by atoms with Gasteiger partial charge in [0.25, 0.3) is 5.91 Å². The van der Waals surface area contributed by atoms with Crippen molar-refractivity contribution in [2.24, 2.45) is 0 Å². The van der Waals surface area contributed by atoms with Crippen LogP contribution in [0, 0.1) is 0 Å². The van der Waals surface area contributed by atoms with E-state index >= 15 is 0 Å². The normalized spacial score (nSPS) is 14.9. The topological polar surface area (TPSA) is 61.4 Å². The minimum atomic E-state index is -0.163. The van der Waals surface area contributed by atoms with E-state index in [0.29, 0.717) is 17.2 Å². The molecule has 2 aromatic heterocycles. The van der Waals surface area contributed by atoms with Crippen LogP contribution in [-0.4, -0.2) is 54.0 Å². The Balaban J connectivity index is 1.39. The molecule has 0 spiro atoms. The lowest BCUT2D eigenvalue weighted by Gasteiger charge is -2.32. The number of nitrogens with one attached hydrogen (secondary N) is 1. The standard InChI is InChI=1S/C20H21N5OS/c1-24-8-10-25(11-9-24)20-21-13-17(14-22-20)23-19(26)16-6-4-15(5-7-16)18-3-2-12-27-18/h2-7,12-14H,8-11H2,1H3,(H,23,26). The Bertz CT molecular complexity index is 885. The highest BCUT2D eigenvalue weighted by atomic mass is 32.1. The largest absolute Gasteiger partial charge is 0.338 e. The van der Waals surface area contributed by atoms with E-state index in [-0.39, 0.29) is 5.91 Å². The molecule has 1 aromatic carbocycles. The Labute approximate surface area is 162 Å². The smallest absolute Gasteiger partial charge is 0.255 e. The molecule has 1 saturated heterocycles. The zero-order valence-corrected chi connectivity index (χ0v) is 15.9. The first-order valence-electron chi connectivity index (χ1n) is 8.90. The lowest BCUT2D eigenvalue weighted by Crippen LogP contribution is -2.45. The number of hydrogen-bond donors (Lipinski definition) is 1. The monoisotopic (exact) mass is 379 g/mol. The molecule has 3 heterocycles. The summed E-state index contributed by atoms with van der Waals surface area (Å²) in [6.07, 6.45) is 3.33. The van der Waals surface area contributed by atoms with Crippen molar-refractivity contribution in [3.05, 3.63) is 59.7 Å². The number of aromatic nitrogens is 2. The Morgan fingerprint density at radius 2 is 1.74 bits per heavy atom. The Morgan fingerprint density at radius 1 is 1.04 bits per heavy atom. The van der Waals surface area contributed by atoms with Crippen molar-refractivity contribution >= 4 is 28.9 Å². The predicted molar refractivity (Wildman–Crippen MR) is 109 cm³/mol. The molecule has 0 bridgehead atoms. The number of likely N-dealkylation sites (N-methyl/N-ethyl adjacent to an activating group) is 1. The summed E-state index contributed by atoms with van der Waals surface area (Å²) in [4.78, 5) is 26.9. The molecule has 138 valence electrons. The second-order valence-corrected chi connectivity index (χ2v) is 7.52. The summed E-state index contributed by atoms with van der Waals surface area (Å²) in [6, 6.07) is 11.7. The van der Waals surface area contributed by atoms with Gasteiger partial charge < -0.3 is 15.1 Å². The second kappa shape index (κ2) is 7.85. The number of carbonyl (C=O) groups is 1. The number of rotatable bonds is 4. The van der Waals surface area contributed by atoms with E-state index < -0.39 is 0 Å². The van der Waals surface area contributed by atoms with Crippen LogP contribution in [0.3, 0.4) is 0 Å². The van der Waals surface area contributed by atoms with E-state index in [2.05, 4.69) is 38.2 Å². The maximum atomic E-state index is 12.5. The van der Waals surface area contributed by atoms with Crippen LogP contribution in [0.1, 0.15) is 10.4 Å². The first-order chi connectivity index (χ1) is 13.2. The highest BCUT2D eigenvalue weighted by molar-refractivity contribution is 7.13. The van der Waals surface area contributed by atoms with Crippen LogP contribution in [0.2, 0.25) is 0 Å². The average Bonchev–Trinajstić information content (AvgIpc) is 3.24. The second-order valence-electron chi connectivity index (χ2n) is 6.57. The molecule has 1 aliphatic rings. The Hall–Kier alpha value is -2.77. The molecule has 0 unspecified atom stereocenters. The quantitative estimate of drug-likeness (QED) is 0.754. The molecule has 6 nitrogen and oxygen atoms in total. The first-order valence-corrected chi connectivity index (χ1v) is 9.78. The minimum Gasteiger partial charge on any atom is -0.338 e. The lowest BCUT2D eigenvalue weighted by atomic mass is 10.1. The van der Waals surface area contributed by atoms with E-state index in [1.54, 1.807) is 23.7 Å². The fourth-order valence-corrected chi connectivity index (χ4v) is 3.72. The van der Waals surface area contributed by atoms with E-state index in [4.69, 9.17) is 0 Å². The van der Waals surface area contributed by atoms with Crippen molar-refractivity contribution in [2.45, 2.75) is 0 Å². The van der Waals surface area contributed by atoms with Crippen LogP contribution in [0.25, 0.3) is 10.4 Å². The van der Waals surface area contributed by atoms with Crippen LogP contribution in [0.4, 0.5) is 11.6 Å². The summed E-state index contributed by atoms with van der Waals surface area (Å²) in [5.74, 6) is 0.546. The molecule has 7 heteroatoms. The van der Waals surface area contributed by atoms with Gasteiger partial charge in [-0.25, -0.2) is 9.97 Å². The molecule has 0 aliphatic carbocycles. The maximum Gasteiger partial charge on any atom is 0.255 e. The predicted octanol–water partition coefficient (Wildman–Crippen LogP) is 3.21. The van der Waals surface area contributed by atoms with Crippen molar-refractivity contribution in [2.75, 3.05) is 43.4 Å². The van der Waals surface area contributed by atoms with Gasteiger partial charge in [0.2, 0.25) is 5.95 Å². The number of hydrogen-bond acceptors (Lipinski definition) is 6. The van der Waals surface area contributed by atoms with Gasteiger partial charge in [0.1, 0.15) is 0 Å². The van der Waals surface area contributed by atoms with Crippen LogP contribution in [0.5, 0.6) is 0 Å². The molecule has 27 heavy (non-hydrogen) atoms. The van der Waals surface area contributed by atoms with Gasteiger partial charge >= 0.3 is 0 Å². The van der Waals surface area contributed by atoms with Crippen molar-refractivity contribution in [1.82, 2.24) is 14.9 Å². The van der Waals surface area contributed by atoms with Gasteiger partial charge in [-0.05, 0) is 36.2 Å². The number of carbonyl (C=O) groups excluding carboxylic acids is 1. The van der Waals surface area contributed by atoms with Gasteiger partial charge in [0, 0.05) is 36.6 Å². The first kappa shape index (κ1) is 17.6. The molecule has 4 rings (SSSR count). The van der Waals surface area contributed by atoms with Gasteiger partial charge in [0.05, 0.1) is 18.1 Å². The van der Waals surface area contributed by atoms with Gasteiger partial charge in [0.15, 0.2) is 0 Å². The number of amides is 1. The van der Waals surface area contributed by atoms with Gasteiger partial charge in [-0.2, -0.15) is 0 Å². The summed E-state index contributed by atoms with van der Waals surface area (Å²) in [5.41, 5.74) is 2.32. The molecular formula is C20H21N5OS. The van der Waals surface area contributed by atoms with Crippen LogP contribution in [0.15, 0.2) is 54.2 Å². The Kier molecular flexibility index (Phi) is 5.13. The van der Waals surface area contributed by atoms with E-state index in [1.807, 2.05) is 35.7 Å². The molecule has 3 aromatic rings. The maximum absolute atomic E-state index is 12.5. The summed E-state index contributed by atoms with van der Waals surface area (Å²) in [5, 5.41) is 4.90. The molecule has 0 radical (unpaired) electrons. The third-order valence-corrected chi connectivity index (χ3v) is 5.55. The third-order valence-electron chi connectivity index (χ3n) is 4.63. The lowest BCUT2D eigenvalue weighted by molar-refractivity contribution is 0.102. The summed E-state index contributed by atoms with van der Waals surface area (Å²) in [7, 11) is 2.11. The number of benzene rings is 1. The fourth-order valence-electron chi connectivity index (χ4n) is 2.99. The van der Waals surface area contributed by atoms with E-state index in [9.17, 15) is 4.79 Å². The molecule has 1 fully saturated rings. The molecular weight excluding hydrogens is 358 g/mol.